The first kappa shape index (κ1) is 36.9. The SMILES string of the molecule is CC[C@H](C)[C@H](NC(=O)[C@H](CCC(N)=O)NC(=O)[C@H](C)NC(=O)[C@@H](N)CCCCN)C(=O)N[C@H]([C]=O)CCCCN. The number of nitrogens with two attached hydrogens (primary N) is 4. The highest BCUT2D eigenvalue weighted by Crippen LogP contribution is 2.11. The van der Waals surface area contributed by atoms with Crippen LogP contribution in [0.15, 0.2) is 0 Å². The molecule has 1 radical (unpaired) electrons. The van der Waals surface area contributed by atoms with Gasteiger partial charge in [-0.1, -0.05) is 26.7 Å². The largest absolute Gasteiger partial charge is 0.370 e. The van der Waals surface area contributed by atoms with E-state index in [1.54, 1.807) is 13.2 Å². The fourth-order valence-corrected chi connectivity index (χ4v) is 3.75. The van der Waals surface area contributed by atoms with E-state index < -0.39 is 59.7 Å². The van der Waals surface area contributed by atoms with Crippen LogP contribution >= 0.6 is 0 Å². The van der Waals surface area contributed by atoms with Gasteiger partial charge in [0.05, 0.1) is 12.1 Å². The molecule has 14 nitrogen and oxygen atoms in total. The number of primary amides is 1. The second-order valence-corrected chi connectivity index (χ2v) is 10.0. The molecule has 0 heterocycles. The van der Waals surface area contributed by atoms with Gasteiger partial charge in [-0.05, 0) is 64.5 Å². The monoisotopic (exact) mass is 569 g/mol. The van der Waals surface area contributed by atoms with Crippen molar-refractivity contribution < 1.29 is 28.8 Å². The first-order valence-corrected chi connectivity index (χ1v) is 13.9. The zero-order valence-corrected chi connectivity index (χ0v) is 24.0. The standard InChI is InChI=1S/C26H49N8O6/c1-4-16(2)22(26(40)32-18(15-35)9-5-7-13-27)34-25(39)20(11-12-21(30)36)33-23(37)17(3)31-24(38)19(29)10-6-8-14-28/h16-20,22H,4-14,27-29H2,1-3H3,(H2,30,36)(H,31,38)(H,32,40)(H,33,37)(H,34,39)/t16-,17-,18-,19-,20-,22-/m0/s1. The Morgan fingerprint density at radius 2 is 1.35 bits per heavy atom. The summed E-state index contributed by atoms with van der Waals surface area (Å²) in [4.78, 5) is 74.2. The summed E-state index contributed by atoms with van der Waals surface area (Å²) >= 11 is 0. The van der Waals surface area contributed by atoms with Gasteiger partial charge in [-0.2, -0.15) is 0 Å². The lowest BCUT2D eigenvalue weighted by atomic mass is 9.96. The molecule has 0 aliphatic carbocycles. The average molecular weight is 570 g/mol. The zero-order valence-electron chi connectivity index (χ0n) is 24.0. The van der Waals surface area contributed by atoms with Gasteiger partial charge < -0.3 is 44.2 Å². The number of carbonyl (C=O) groups excluding carboxylic acids is 6. The van der Waals surface area contributed by atoms with Gasteiger partial charge in [0.1, 0.15) is 18.1 Å². The molecule has 0 aliphatic rings. The van der Waals surface area contributed by atoms with Crippen molar-refractivity contribution in [1.29, 1.82) is 0 Å². The second-order valence-electron chi connectivity index (χ2n) is 10.0. The van der Waals surface area contributed by atoms with Crippen LogP contribution in [-0.4, -0.2) is 79.1 Å². The summed E-state index contributed by atoms with van der Waals surface area (Å²) in [6, 6.07) is -4.98. The van der Waals surface area contributed by atoms with Gasteiger partial charge in [0, 0.05) is 6.42 Å². The predicted octanol–water partition coefficient (Wildman–Crippen LogP) is -2.05. The van der Waals surface area contributed by atoms with Crippen molar-refractivity contribution in [2.75, 3.05) is 13.1 Å². The van der Waals surface area contributed by atoms with Crippen molar-refractivity contribution in [1.82, 2.24) is 21.3 Å². The van der Waals surface area contributed by atoms with Gasteiger partial charge in [-0.25, -0.2) is 0 Å². The van der Waals surface area contributed by atoms with Crippen LogP contribution in [0.3, 0.4) is 0 Å². The molecule has 0 spiro atoms. The van der Waals surface area contributed by atoms with E-state index in [-0.39, 0.29) is 18.8 Å². The quantitative estimate of drug-likeness (QED) is 0.0667. The van der Waals surface area contributed by atoms with Gasteiger partial charge in [0.25, 0.3) is 0 Å². The number of unbranched alkanes of at least 4 members (excludes halogenated alkanes) is 2. The van der Waals surface area contributed by atoms with Crippen LogP contribution in [0.2, 0.25) is 0 Å². The van der Waals surface area contributed by atoms with Crippen LogP contribution in [0.1, 0.15) is 78.6 Å². The van der Waals surface area contributed by atoms with E-state index in [1.165, 1.54) is 6.92 Å². The van der Waals surface area contributed by atoms with Crippen LogP contribution in [-0.2, 0) is 28.8 Å². The molecule has 0 aliphatic heterocycles. The molecule has 229 valence electrons. The fourth-order valence-electron chi connectivity index (χ4n) is 3.75. The molecule has 0 aromatic heterocycles. The van der Waals surface area contributed by atoms with Gasteiger partial charge in [0.2, 0.25) is 35.8 Å². The highest BCUT2D eigenvalue weighted by molar-refractivity contribution is 5.95. The van der Waals surface area contributed by atoms with E-state index in [0.29, 0.717) is 58.0 Å². The molecule has 0 fully saturated rings. The summed E-state index contributed by atoms with van der Waals surface area (Å²) in [6.45, 7) is 5.95. The number of hydrogen-bond donors (Lipinski definition) is 8. The summed E-state index contributed by atoms with van der Waals surface area (Å²) in [5.74, 6) is -3.52. The summed E-state index contributed by atoms with van der Waals surface area (Å²) in [5.41, 5.74) is 22.1. The Morgan fingerprint density at radius 3 is 1.88 bits per heavy atom. The number of rotatable bonds is 22. The molecule has 0 rings (SSSR count). The first-order valence-electron chi connectivity index (χ1n) is 13.9. The van der Waals surface area contributed by atoms with E-state index >= 15 is 0 Å². The Morgan fingerprint density at radius 1 is 0.750 bits per heavy atom. The number of nitrogens with one attached hydrogen (secondary N) is 4. The average Bonchev–Trinajstić information content (AvgIpc) is 2.92. The van der Waals surface area contributed by atoms with Gasteiger partial charge in [-0.15, -0.1) is 0 Å². The van der Waals surface area contributed by atoms with Gasteiger partial charge >= 0.3 is 0 Å². The molecular weight excluding hydrogens is 520 g/mol. The Kier molecular flexibility index (Phi) is 19.1. The maximum atomic E-state index is 13.2. The molecule has 0 aromatic rings. The predicted molar refractivity (Wildman–Crippen MR) is 151 cm³/mol. The van der Waals surface area contributed by atoms with Crippen LogP contribution < -0.4 is 44.2 Å². The van der Waals surface area contributed by atoms with Crippen molar-refractivity contribution in [3.05, 3.63) is 0 Å². The number of amides is 5. The molecule has 0 saturated carbocycles. The summed E-state index contributed by atoms with van der Waals surface area (Å²) < 4.78 is 0. The molecule has 6 atom stereocenters. The normalized spacial score (nSPS) is 15.4. The topological polar surface area (TPSA) is 255 Å². The molecule has 14 heteroatoms. The van der Waals surface area contributed by atoms with Crippen molar-refractivity contribution in [3.63, 3.8) is 0 Å². The molecule has 0 saturated heterocycles. The second kappa shape index (κ2) is 20.8. The third-order valence-electron chi connectivity index (χ3n) is 6.57. The van der Waals surface area contributed by atoms with Crippen molar-refractivity contribution in [2.45, 2.75) is 109 Å². The van der Waals surface area contributed by atoms with Crippen LogP contribution in [0.25, 0.3) is 0 Å². The van der Waals surface area contributed by atoms with E-state index in [9.17, 15) is 28.8 Å². The van der Waals surface area contributed by atoms with E-state index in [1.807, 2.05) is 6.92 Å². The highest BCUT2D eigenvalue weighted by Gasteiger charge is 2.32. The molecular formula is C26H49N8O6. The van der Waals surface area contributed by atoms with Gasteiger partial charge in [-0.3, -0.25) is 28.8 Å². The maximum Gasteiger partial charge on any atom is 0.243 e. The van der Waals surface area contributed by atoms with E-state index in [0.717, 1.165) is 0 Å². The van der Waals surface area contributed by atoms with Crippen molar-refractivity contribution >= 4 is 35.8 Å². The lowest BCUT2D eigenvalue weighted by molar-refractivity contribution is -0.134. The van der Waals surface area contributed by atoms with Crippen LogP contribution in [0.5, 0.6) is 0 Å². The summed E-state index contributed by atoms with van der Waals surface area (Å²) in [7, 11) is 0. The third kappa shape index (κ3) is 14.9. The molecule has 0 bridgehead atoms. The molecule has 0 unspecified atom stereocenters. The highest BCUT2D eigenvalue weighted by atomic mass is 16.2. The lowest BCUT2D eigenvalue weighted by Gasteiger charge is -2.28. The Labute approximate surface area is 236 Å². The maximum absolute atomic E-state index is 13.2. The first-order chi connectivity index (χ1) is 18.9. The van der Waals surface area contributed by atoms with E-state index in [2.05, 4.69) is 21.3 Å². The van der Waals surface area contributed by atoms with Crippen LogP contribution in [0.4, 0.5) is 0 Å². The minimum Gasteiger partial charge on any atom is -0.370 e. The van der Waals surface area contributed by atoms with Crippen molar-refractivity contribution in [2.24, 2.45) is 28.9 Å². The van der Waals surface area contributed by atoms with Gasteiger partial charge in [0.15, 0.2) is 0 Å². The summed E-state index contributed by atoms with van der Waals surface area (Å²) in [6.07, 6.45) is 5.39. The smallest absolute Gasteiger partial charge is 0.243 e. The minimum absolute atomic E-state index is 0.134. The molecule has 5 amide bonds. The van der Waals surface area contributed by atoms with E-state index in [4.69, 9.17) is 22.9 Å². The third-order valence-corrected chi connectivity index (χ3v) is 6.57. The Hall–Kier alpha value is -3.10. The Bertz CT molecular complexity index is 827. The fraction of sp³-hybridized carbons (Fsp3) is 0.769. The molecule has 40 heavy (non-hydrogen) atoms. The zero-order chi connectivity index (χ0) is 30.7. The molecule has 12 N–H and O–H groups in total. The molecule has 0 aromatic carbocycles. The Balaban J connectivity index is 5.48. The van der Waals surface area contributed by atoms with Crippen LogP contribution in [0, 0.1) is 5.92 Å². The minimum atomic E-state index is -1.23. The number of carbonyl (C=O) groups is 5. The lowest BCUT2D eigenvalue weighted by Crippen LogP contribution is -2.59. The van der Waals surface area contributed by atoms with Crippen molar-refractivity contribution in [3.8, 4) is 0 Å². The summed E-state index contributed by atoms with van der Waals surface area (Å²) in [5, 5.41) is 10.3. The number of hydrogen-bond acceptors (Lipinski definition) is 9.